The molecule has 0 unspecified atom stereocenters. The average molecular weight is 352 g/mol. The van der Waals surface area contributed by atoms with Gasteiger partial charge in [-0.3, -0.25) is 9.59 Å². The molecule has 0 radical (unpaired) electrons. The van der Waals surface area contributed by atoms with Crippen LogP contribution in [0.25, 0.3) is 0 Å². The molecule has 4 amide bonds. The molecule has 2 aromatic rings. The summed E-state index contributed by atoms with van der Waals surface area (Å²) >= 11 is 0. The van der Waals surface area contributed by atoms with Gasteiger partial charge in [0.2, 0.25) is 5.91 Å². The summed E-state index contributed by atoms with van der Waals surface area (Å²) in [7, 11) is 1.54. The van der Waals surface area contributed by atoms with Crippen LogP contribution in [0.3, 0.4) is 0 Å². The summed E-state index contributed by atoms with van der Waals surface area (Å²) in [4.78, 5) is 37.3. The molecule has 3 rings (SSSR count). The number of carbonyl (C=O) groups is 3. The zero-order valence-electron chi connectivity index (χ0n) is 14.4. The van der Waals surface area contributed by atoms with Crippen molar-refractivity contribution in [1.29, 1.82) is 0 Å². The number of anilines is 3. The lowest BCUT2D eigenvalue weighted by Crippen LogP contribution is -2.24. The van der Waals surface area contributed by atoms with E-state index < -0.39 is 0 Å². The number of amides is 4. The van der Waals surface area contributed by atoms with Crippen LogP contribution in [0.2, 0.25) is 0 Å². The van der Waals surface area contributed by atoms with Gasteiger partial charge < -0.3 is 20.9 Å². The van der Waals surface area contributed by atoms with Gasteiger partial charge in [-0.15, -0.1) is 0 Å². The third kappa shape index (κ3) is 4.00. The number of carbonyl (C=O) groups excluding carboxylic acids is 3. The van der Waals surface area contributed by atoms with E-state index >= 15 is 0 Å². The smallest absolute Gasteiger partial charge is 0.318 e. The van der Waals surface area contributed by atoms with E-state index in [1.807, 2.05) is 6.07 Å². The Morgan fingerprint density at radius 2 is 1.69 bits per heavy atom. The first-order chi connectivity index (χ1) is 12.6. The Bertz CT molecular complexity index is 833. The molecule has 7 heteroatoms. The number of nitrogens with one attached hydrogen (secondary N) is 3. The molecule has 0 spiro atoms. The number of nitrogens with zero attached hydrogens (tertiary/aromatic N) is 1. The number of hydrogen-bond donors (Lipinski definition) is 3. The van der Waals surface area contributed by atoms with Crippen molar-refractivity contribution < 1.29 is 14.4 Å². The maximum atomic E-state index is 12.5. The maximum absolute atomic E-state index is 12.5. The molecule has 1 heterocycles. The predicted molar refractivity (Wildman–Crippen MR) is 101 cm³/mol. The predicted octanol–water partition coefficient (Wildman–Crippen LogP) is 2.82. The second-order valence-corrected chi connectivity index (χ2v) is 5.93. The second-order valence-electron chi connectivity index (χ2n) is 5.93. The van der Waals surface area contributed by atoms with E-state index in [-0.39, 0.29) is 17.8 Å². The molecule has 3 N–H and O–H groups in total. The van der Waals surface area contributed by atoms with Crippen molar-refractivity contribution in [3.05, 3.63) is 54.1 Å². The largest absolute Gasteiger partial charge is 0.341 e. The summed E-state index contributed by atoms with van der Waals surface area (Å²) in [5.74, 6) is -0.174. The third-order valence-electron chi connectivity index (χ3n) is 4.12. The number of urea groups is 1. The van der Waals surface area contributed by atoms with Crippen molar-refractivity contribution in [3.8, 4) is 0 Å². The third-order valence-corrected chi connectivity index (χ3v) is 4.12. The van der Waals surface area contributed by atoms with Crippen molar-refractivity contribution in [3.63, 3.8) is 0 Å². The fraction of sp³-hybridized carbons (Fsp3) is 0.211. The second kappa shape index (κ2) is 7.69. The highest BCUT2D eigenvalue weighted by atomic mass is 16.2. The normalized spacial score (nSPS) is 13.4. The monoisotopic (exact) mass is 352 g/mol. The van der Waals surface area contributed by atoms with Crippen molar-refractivity contribution in [2.45, 2.75) is 12.8 Å². The Morgan fingerprint density at radius 3 is 2.31 bits per heavy atom. The van der Waals surface area contributed by atoms with E-state index in [0.717, 1.165) is 12.1 Å². The number of hydrogen-bond acceptors (Lipinski definition) is 3. The van der Waals surface area contributed by atoms with Gasteiger partial charge in [-0.05, 0) is 48.9 Å². The molecule has 26 heavy (non-hydrogen) atoms. The van der Waals surface area contributed by atoms with Gasteiger partial charge in [0.05, 0.1) is 0 Å². The summed E-state index contributed by atoms with van der Waals surface area (Å²) in [5, 5.41) is 7.92. The summed E-state index contributed by atoms with van der Waals surface area (Å²) in [6.45, 7) is 0.684. The highest BCUT2D eigenvalue weighted by Gasteiger charge is 2.22. The van der Waals surface area contributed by atoms with Gasteiger partial charge in [0.25, 0.3) is 5.91 Å². The van der Waals surface area contributed by atoms with Gasteiger partial charge in [0.1, 0.15) is 0 Å². The molecule has 1 aliphatic rings. The molecular weight excluding hydrogens is 332 g/mol. The minimum absolute atomic E-state index is 0.0850. The maximum Gasteiger partial charge on any atom is 0.318 e. The average Bonchev–Trinajstić information content (AvgIpc) is 3.09. The van der Waals surface area contributed by atoms with E-state index in [4.69, 9.17) is 0 Å². The molecule has 0 bridgehead atoms. The molecule has 7 nitrogen and oxygen atoms in total. The summed E-state index contributed by atoms with van der Waals surface area (Å²) in [6, 6.07) is 13.5. The fourth-order valence-corrected chi connectivity index (χ4v) is 2.77. The summed E-state index contributed by atoms with van der Waals surface area (Å²) in [5.41, 5.74) is 2.46. The Kier molecular flexibility index (Phi) is 5.17. The first-order valence-corrected chi connectivity index (χ1v) is 8.37. The van der Waals surface area contributed by atoms with E-state index in [1.165, 1.54) is 7.05 Å². The molecular formula is C19H20N4O3. The van der Waals surface area contributed by atoms with Gasteiger partial charge in [0, 0.05) is 42.6 Å². The molecule has 1 saturated heterocycles. The lowest BCUT2D eigenvalue weighted by molar-refractivity contribution is -0.117. The van der Waals surface area contributed by atoms with Crippen molar-refractivity contribution >= 4 is 34.9 Å². The summed E-state index contributed by atoms with van der Waals surface area (Å²) in [6.07, 6.45) is 1.39. The van der Waals surface area contributed by atoms with Gasteiger partial charge in [-0.25, -0.2) is 4.79 Å². The van der Waals surface area contributed by atoms with Crippen molar-refractivity contribution in [2.24, 2.45) is 0 Å². The van der Waals surface area contributed by atoms with Crippen LogP contribution in [0.4, 0.5) is 21.9 Å². The van der Waals surface area contributed by atoms with Crippen LogP contribution < -0.4 is 20.9 Å². The zero-order valence-corrected chi connectivity index (χ0v) is 14.4. The van der Waals surface area contributed by atoms with Crippen LogP contribution in [-0.2, 0) is 4.79 Å². The Hall–Kier alpha value is -3.35. The highest BCUT2D eigenvalue weighted by Crippen LogP contribution is 2.23. The van der Waals surface area contributed by atoms with E-state index in [1.54, 1.807) is 47.4 Å². The van der Waals surface area contributed by atoms with Gasteiger partial charge in [-0.2, -0.15) is 0 Å². The van der Waals surface area contributed by atoms with Gasteiger partial charge in [0.15, 0.2) is 0 Å². The van der Waals surface area contributed by atoms with Crippen molar-refractivity contribution in [2.75, 3.05) is 29.1 Å². The van der Waals surface area contributed by atoms with E-state index in [0.29, 0.717) is 29.9 Å². The van der Waals surface area contributed by atoms with Gasteiger partial charge in [-0.1, -0.05) is 6.07 Å². The van der Waals surface area contributed by atoms with Crippen LogP contribution >= 0.6 is 0 Å². The van der Waals surface area contributed by atoms with E-state index in [9.17, 15) is 14.4 Å². The highest BCUT2D eigenvalue weighted by molar-refractivity contribution is 6.05. The van der Waals surface area contributed by atoms with Crippen LogP contribution in [-0.4, -0.2) is 31.4 Å². The molecule has 0 aliphatic carbocycles. The zero-order chi connectivity index (χ0) is 18.5. The lowest BCUT2D eigenvalue weighted by atomic mass is 10.1. The van der Waals surface area contributed by atoms with Crippen LogP contribution in [0.15, 0.2) is 48.5 Å². The molecule has 1 fully saturated rings. The quantitative estimate of drug-likeness (QED) is 0.790. The summed E-state index contributed by atoms with van der Waals surface area (Å²) < 4.78 is 0. The molecule has 0 atom stereocenters. The molecule has 0 saturated carbocycles. The minimum atomic E-state index is -0.310. The number of rotatable bonds is 4. The molecule has 134 valence electrons. The van der Waals surface area contributed by atoms with Crippen LogP contribution in [0.5, 0.6) is 0 Å². The minimum Gasteiger partial charge on any atom is -0.341 e. The van der Waals surface area contributed by atoms with Crippen LogP contribution in [0.1, 0.15) is 23.2 Å². The topological polar surface area (TPSA) is 90.5 Å². The Morgan fingerprint density at radius 1 is 1.00 bits per heavy atom. The molecule has 1 aliphatic heterocycles. The van der Waals surface area contributed by atoms with Crippen LogP contribution in [0, 0.1) is 0 Å². The van der Waals surface area contributed by atoms with Crippen molar-refractivity contribution in [1.82, 2.24) is 5.32 Å². The van der Waals surface area contributed by atoms with Gasteiger partial charge >= 0.3 is 6.03 Å². The van der Waals surface area contributed by atoms with E-state index in [2.05, 4.69) is 16.0 Å². The SMILES string of the molecule is CNC(=O)Nc1ccc(NC(=O)c2cccc(N3CCCC3=O)c2)cc1. The first-order valence-electron chi connectivity index (χ1n) is 8.37. The Labute approximate surface area is 151 Å². The lowest BCUT2D eigenvalue weighted by Gasteiger charge is -2.16. The standard InChI is InChI=1S/C19H20N4O3/c1-20-19(26)22-15-9-7-14(8-10-15)21-18(25)13-4-2-5-16(12-13)23-11-3-6-17(23)24/h2,4-5,7-10,12H,3,6,11H2,1H3,(H,21,25)(H2,20,22,26). The number of benzene rings is 2. The fourth-order valence-electron chi connectivity index (χ4n) is 2.77. The Balaban J connectivity index is 1.68. The first kappa shape index (κ1) is 17.5. The molecule has 0 aromatic heterocycles. The molecule has 2 aromatic carbocycles.